The van der Waals surface area contributed by atoms with E-state index in [0.717, 1.165) is 14.9 Å². The molecule has 16 heavy (non-hydrogen) atoms. The molecule has 1 aromatic carbocycles. The number of rotatable bonds is 3. The van der Waals surface area contributed by atoms with Crippen LogP contribution in [0.1, 0.15) is 20.8 Å². The van der Waals surface area contributed by atoms with Crippen molar-refractivity contribution in [1.29, 1.82) is 0 Å². The van der Waals surface area contributed by atoms with Crippen LogP contribution in [0.2, 0.25) is 0 Å². The molecule has 0 radical (unpaired) electrons. The molecule has 1 aromatic heterocycles. The first-order valence-electron chi connectivity index (χ1n) is 4.98. The molecule has 0 bridgehead atoms. The lowest BCUT2D eigenvalue weighted by atomic mass is 10.1. The highest BCUT2D eigenvalue weighted by molar-refractivity contribution is 9.10. The molecule has 0 N–H and O–H groups in total. The molecule has 0 atom stereocenters. The summed E-state index contributed by atoms with van der Waals surface area (Å²) in [6.45, 7) is 2.02. The van der Waals surface area contributed by atoms with Crippen LogP contribution in [0.3, 0.4) is 0 Å². The summed E-state index contributed by atoms with van der Waals surface area (Å²) in [5.41, 5.74) is 1.96. The number of aryl methyl sites for hydroxylation is 1. The summed E-state index contributed by atoms with van der Waals surface area (Å²) < 4.78 is 1.03. The first-order chi connectivity index (χ1) is 7.66. The third-order valence-electron chi connectivity index (χ3n) is 2.39. The molecule has 0 unspecified atom stereocenters. The zero-order valence-corrected chi connectivity index (χ0v) is 11.3. The van der Waals surface area contributed by atoms with E-state index in [1.165, 1.54) is 5.56 Å². The monoisotopic (exact) mass is 294 g/mol. The maximum absolute atomic E-state index is 12.0. The van der Waals surface area contributed by atoms with Gasteiger partial charge in [-0.15, -0.1) is 11.3 Å². The molecule has 0 saturated heterocycles. The van der Waals surface area contributed by atoms with E-state index in [2.05, 4.69) is 15.9 Å². The number of carbonyl (C=O) groups excluding carboxylic acids is 1. The molecular weight excluding hydrogens is 284 g/mol. The zero-order chi connectivity index (χ0) is 11.5. The van der Waals surface area contributed by atoms with E-state index in [1.54, 1.807) is 11.3 Å². The number of thiophene rings is 1. The Balaban J connectivity index is 2.15. The highest BCUT2D eigenvalue weighted by Gasteiger charge is 2.10. The standard InChI is InChI=1S/C13H11BrOS/c1-9-2-4-10(5-3-9)12(15)8-13-11(14)6-7-16-13/h2-7H,8H2,1H3. The molecule has 0 aliphatic heterocycles. The Morgan fingerprint density at radius 2 is 1.94 bits per heavy atom. The number of carbonyl (C=O) groups is 1. The highest BCUT2D eigenvalue weighted by atomic mass is 79.9. The first-order valence-corrected chi connectivity index (χ1v) is 6.66. The number of ketones is 1. The van der Waals surface area contributed by atoms with Gasteiger partial charge in [0.05, 0.1) is 0 Å². The van der Waals surface area contributed by atoms with Gasteiger partial charge < -0.3 is 0 Å². The maximum atomic E-state index is 12.0. The Labute approximate surface area is 107 Å². The summed E-state index contributed by atoms with van der Waals surface area (Å²) in [4.78, 5) is 13.0. The van der Waals surface area contributed by atoms with E-state index in [-0.39, 0.29) is 5.78 Å². The average molecular weight is 295 g/mol. The van der Waals surface area contributed by atoms with Crippen molar-refractivity contribution in [2.75, 3.05) is 0 Å². The SMILES string of the molecule is Cc1ccc(C(=O)Cc2sccc2Br)cc1. The predicted octanol–water partition coefficient (Wildman–Crippen LogP) is 4.24. The minimum atomic E-state index is 0.170. The molecule has 1 heterocycles. The van der Waals surface area contributed by atoms with E-state index in [9.17, 15) is 4.79 Å². The lowest BCUT2D eigenvalue weighted by Crippen LogP contribution is -2.02. The normalized spacial score (nSPS) is 10.4. The molecule has 82 valence electrons. The van der Waals surface area contributed by atoms with Gasteiger partial charge in [0.2, 0.25) is 0 Å². The van der Waals surface area contributed by atoms with Crippen molar-refractivity contribution in [3.63, 3.8) is 0 Å². The molecule has 2 aromatic rings. The highest BCUT2D eigenvalue weighted by Crippen LogP contribution is 2.24. The lowest BCUT2D eigenvalue weighted by Gasteiger charge is -2.00. The smallest absolute Gasteiger partial charge is 0.168 e. The molecular formula is C13H11BrOS. The van der Waals surface area contributed by atoms with Gasteiger partial charge in [-0.3, -0.25) is 4.79 Å². The van der Waals surface area contributed by atoms with E-state index >= 15 is 0 Å². The number of hydrogen-bond donors (Lipinski definition) is 0. The summed E-state index contributed by atoms with van der Waals surface area (Å²) in [6, 6.07) is 9.69. The van der Waals surface area contributed by atoms with Crippen LogP contribution in [0.5, 0.6) is 0 Å². The van der Waals surface area contributed by atoms with Gasteiger partial charge in [0, 0.05) is 21.3 Å². The minimum Gasteiger partial charge on any atom is -0.294 e. The van der Waals surface area contributed by atoms with Crippen molar-refractivity contribution in [3.05, 3.63) is 56.2 Å². The van der Waals surface area contributed by atoms with Gasteiger partial charge in [0.25, 0.3) is 0 Å². The zero-order valence-electron chi connectivity index (χ0n) is 8.87. The molecule has 2 rings (SSSR count). The molecule has 0 saturated carbocycles. The van der Waals surface area contributed by atoms with Gasteiger partial charge in [-0.25, -0.2) is 0 Å². The Hall–Kier alpha value is -0.930. The third-order valence-corrected chi connectivity index (χ3v) is 4.31. The maximum Gasteiger partial charge on any atom is 0.168 e. The summed E-state index contributed by atoms with van der Waals surface area (Å²) in [5, 5.41) is 1.99. The van der Waals surface area contributed by atoms with Gasteiger partial charge in [-0.1, -0.05) is 29.8 Å². The number of halogens is 1. The molecule has 0 amide bonds. The largest absolute Gasteiger partial charge is 0.294 e. The van der Waals surface area contributed by atoms with E-state index in [1.807, 2.05) is 42.6 Å². The lowest BCUT2D eigenvalue weighted by molar-refractivity contribution is 0.0993. The predicted molar refractivity (Wildman–Crippen MR) is 71.2 cm³/mol. The molecule has 0 aliphatic carbocycles. The molecule has 0 fully saturated rings. The van der Waals surface area contributed by atoms with Crippen LogP contribution in [0.15, 0.2) is 40.2 Å². The van der Waals surface area contributed by atoms with Crippen molar-refractivity contribution in [3.8, 4) is 0 Å². The molecule has 0 aliphatic rings. The molecule has 3 heteroatoms. The van der Waals surface area contributed by atoms with E-state index < -0.39 is 0 Å². The third kappa shape index (κ3) is 2.60. The summed E-state index contributed by atoms with van der Waals surface area (Å²) in [6.07, 6.45) is 0.474. The van der Waals surface area contributed by atoms with Crippen molar-refractivity contribution in [2.24, 2.45) is 0 Å². The summed E-state index contributed by atoms with van der Waals surface area (Å²) >= 11 is 5.05. The fourth-order valence-corrected chi connectivity index (χ4v) is 2.93. The topological polar surface area (TPSA) is 17.1 Å². The van der Waals surface area contributed by atoms with Crippen molar-refractivity contribution >= 4 is 33.0 Å². The summed E-state index contributed by atoms with van der Waals surface area (Å²) in [7, 11) is 0. The Morgan fingerprint density at radius 3 is 2.50 bits per heavy atom. The number of benzene rings is 1. The number of hydrogen-bond acceptors (Lipinski definition) is 2. The van der Waals surface area contributed by atoms with Crippen LogP contribution >= 0.6 is 27.3 Å². The second-order valence-electron chi connectivity index (χ2n) is 3.66. The van der Waals surface area contributed by atoms with E-state index in [4.69, 9.17) is 0 Å². The van der Waals surface area contributed by atoms with Crippen LogP contribution in [0.4, 0.5) is 0 Å². The Morgan fingerprint density at radius 1 is 1.25 bits per heavy atom. The second-order valence-corrected chi connectivity index (χ2v) is 5.51. The van der Waals surface area contributed by atoms with Gasteiger partial charge in [0.1, 0.15) is 0 Å². The van der Waals surface area contributed by atoms with Crippen molar-refractivity contribution in [2.45, 2.75) is 13.3 Å². The van der Waals surface area contributed by atoms with Gasteiger partial charge >= 0.3 is 0 Å². The van der Waals surface area contributed by atoms with Crippen LogP contribution in [-0.2, 0) is 6.42 Å². The second kappa shape index (κ2) is 4.93. The summed E-state index contributed by atoms with van der Waals surface area (Å²) in [5.74, 6) is 0.170. The van der Waals surface area contributed by atoms with Gasteiger partial charge in [-0.05, 0) is 34.3 Å². The quantitative estimate of drug-likeness (QED) is 0.774. The average Bonchev–Trinajstić information content (AvgIpc) is 2.65. The fraction of sp³-hybridized carbons (Fsp3) is 0.154. The molecule has 1 nitrogen and oxygen atoms in total. The van der Waals surface area contributed by atoms with Crippen molar-refractivity contribution in [1.82, 2.24) is 0 Å². The van der Waals surface area contributed by atoms with Crippen LogP contribution < -0.4 is 0 Å². The van der Waals surface area contributed by atoms with Crippen LogP contribution in [-0.4, -0.2) is 5.78 Å². The first kappa shape index (κ1) is 11.6. The molecule has 0 spiro atoms. The minimum absolute atomic E-state index is 0.170. The van der Waals surface area contributed by atoms with Gasteiger partial charge in [0.15, 0.2) is 5.78 Å². The number of Topliss-reactive ketones (excluding diaryl/α,β-unsaturated/α-hetero) is 1. The van der Waals surface area contributed by atoms with Gasteiger partial charge in [-0.2, -0.15) is 0 Å². The van der Waals surface area contributed by atoms with Crippen LogP contribution in [0, 0.1) is 6.92 Å². The van der Waals surface area contributed by atoms with Crippen molar-refractivity contribution < 1.29 is 4.79 Å². The fourth-order valence-electron chi connectivity index (χ4n) is 1.44. The Kier molecular flexibility index (Phi) is 3.56. The Bertz CT molecular complexity index is 499. The van der Waals surface area contributed by atoms with Crippen LogP contribution in [0.25, 0.3) is 0 Å². The van der Waals surface area contributed by atoms with E-state index in [0.29, 0.717) is 6.42 Å².